The van der Waals surface area contributed by atoms with Crippen LogP contribution in [0.25, 0.3) is 0 Å². The number of anilines is 1. The molecular formula is C21H19ClN2O4S2. The first kappa shape index (κ1) is 20.9. The summed E-state index contributed by atoms with van der Waals surface area (Å²) in [6.07, 6.45) is 0.629. The number of carbonyl (C=O) groups is 1. The number of halogens is 1. The molecule has 1 aliphatic heterocycles. The average Bonchev–Trinajstić information content (AvgIpc) is 3.28. The number of sulfonamides is 1. The van der Waals surface area contributed by atoms with Crippen molar-refractivity contribution in [2.45, 2.75) is 17.2 Å². The fourth-order valence-corrected chi connectivity index (χ4v) is 6.01. The third-order valence-electron chi connectivity index (χ3n) is 4.75. The molecule has 0 spiro atoms. The highest BCUT2D eigenvalue weighted by molar-refractivity contribution is 7.91. The van der Waals surface area contributed by atoms with Gasteiger partial charge in [0.05, 0.1) is 5.02 Å². The molecule has 0 saturated carbocycles. The number of nitrogens with zero attached hydrogens (tertiary/aromatic N) is 1. The third kappa shape index (κ3) is 4.52. The van der Waals surface area contributed by atoms with Gasteiger partial charge >= 0.3 is 0 Å². The van der Waals surface area contributed by atoms with Gasteiger partial charge in [0.2, 0.25) is 0 Å². The van der Waals surface area contributed by atoms with Crippen molar-refractivity contribution in [3.63, 3.8) is 0 Å². The molecule has 1 amide bonds. The molecule has 2 aromatic carbocycles. The molecule has 2 heterocycles. The van der Waals surface area contributed by atoms with Crippen LogP contribution < -0.4 is 10.1 Å². The molecule has 4 rings (SSSR count). The second kappa shape index (κ2) is 8.77. The van der Waals surface area contributed by atoms with E-state index in [1.54, 1.807) is 41.8 Å². The molecule has 1 aliphatic rings. The van der Waals surface area contributed by atoms with Gasteiger partial charge in [0.15, 0.2) is 6.61 Å². The first-order valence-corrected chi connectivity index (χ1v) is 12.0. The fourth-order valence-electron chi connectivity index (χ4n) is 3.25. The lowest BCUT2D eigenvalue weighted by Crippen LogP contribution is -2.35. The van der Waals surface area contributed by atoms with Crippen LogP contribution in [0.2, 0.25) is 5.02 Å². The number of rotatable bonds is 6. The molecule has 0 bridgehead atoms. The fraction of sp³-hybridized carbons (Fsp3) is 0.190. The van der Waals surface area contributed by atoms with Crippen LogP contribution in [0.5, 0.6) is 5.75 Å². The van der Waals surface area contributed by atoms with E-state index in [9.17, 15) is 13.2 Å². The minimum Gasteiger partial charge on any atom is -0.482 e. The van der Waals surface area contributed by atoms with Crippen molar-refractivity contribution in [1.29, 1.82) is 0 Å². The summed E-state index contributed by atoms with van der Waals surface area (Å²) in [5.74, 6) is 0.114. The lowest BCUT2D eigenvalue weighted by Gasteiger charge is -2.28. The maximum absolute atomic E-state index is 12.8. The van der Waals surface area contributed by atoms with Gasteiger partial charge in [-0.25, -0.2) is 8.42 Å². The van der Waals surface area contributed by atoms with Crippen molar-refractivity contribution in [2.75, 3.05) is 18.5 Å². The molecule has 0 saturated heterocycles. The molecule has 156 valence electrons. The third-order valence-corrected chi connectivity index (χ3v) is 8.28. The molecule has 9 heteroatoms. The van der Waals surface area contributed by atoms with Crippen LogP contribution >= 0.6 is 22.9 Å². The summed E-state index contributed by atoms with van der Waals surface area (Å²) in [5, 5.41) is 4.98. The Balaban J connectivity index is 1.43. The van der Waals surface area contributed by atoms with Crippen molar-refractivity contribution in [1.82, 2.24) is 4.31 Å². The maximum Gasteiger partial charge on any atom is 0.262 e. The van der Waals surface area contributed by atoms with Crippen molar-refractivity contribution >= 4 is 44.6 Å². The zero-order valence-electron chi connectivity index (χ0n) is 15.9. The summed E-state index contributed by atoms with van der Waals surface area (Å²) < 4.78 is 32.9. The zero-order valence-corrected chi connectivity index (χ0v) is 18.3. The van der Waals surface area contributed by atoms with Crippen LogP contribution in [0.1, 0.15) is 11.1 Å². The second-order valence-electron chi connectivity index (χ2n) is 6.77. The van der Waals surface area contributed by atoms with Crippen molar-refractivity contribution in [3.8, 4) is 5.75 Å². The van der Waals surface area contributed by atoms with E-state index < -0.39 is 10.0 Å². The van der Waals surface area contributed by atoms with Gasteiger partial charge in [0, 0.05) is 18.8 Å². The van der Waals surface area contributed by atoms with Crippen LogP contribution in [0.3, 0.4) is 0 Å². The number of hydrogen-bond acceptors (Lipinski definition) is 5. The van der Waals surface area contributed by atoms with E-state index in [0.717, 1.165) is 11.1 Å². The van der Waals surface area contributed by atoms with Crippen LogP contribution in [-0.4, -0.2) is 31.8 Å². The lowest BCUT2D eigenvalue weighted by atomic mass is 10.0. The Morgan fingerprint density at radius 3 is 2.73 bits per heavy atom. The molecule has 1 N–H and O–H groups in total. The standard InChI is InChI=1S/C21H19ClN2O4S2/c22-18-4-1-2-5-19(18)28-14-20(25)23-17-8-7-15-9-10-24(13-16(15)12-17)30(26,27)21-6-3-11-29-21/h1-8,11-12H,9-10,13-14H2,(H,23,25). The molecule has 3 aromatic rings. The van der Waals surface area contributed by atoms with E-state index in [2.05, 4.69) is 5.32 Å². The highest BCUT2D eigenvalue weighted by Gasteiger charge is 2.29. The minimum absolute atomic E-state index is 0.181. The number of thiophene rings is 1. The Morgan fingerprint density at radius 2 is 1.97 bits per heavy atom. The van der Waals surface area contributed by atoms with Crippen LogP contribution in [0, 0.1) is 0 Å². The highest BCUT2D eigenvalue weighted by atomic mass is 35.5. The Labute approximate surface area is 184 Å². The van der Waals surface area contributed by atoms with Gasteiger partial charge < -0.3 is 10.1 Å². The largest absolute Gasteiger partial charge is 0.482 e. The molecule has 0 aliphatic carbocycles. The molecule has 6 nitrogen and oxygen atoms in total. The van der Waals surface area contributed by atoms with Crippen LogP contribution in [0.4, 0.5) is 5.69 Å². The SMILES string of the molecule is O=C(COc1ccccc1Cl)Nc1ccc2c(c1)CN(S(=O)(=O)c1cccs1)CC2. The number of para-hydroxylation sites is 1. The van der Waals surface area contributed by atoms with Crippen molar-refractivity contribution in [2.24, 2.45) is 0 Å². The molecular weight excluding hydrogens is 444 g/mol. The number of fused-ring (bicyclic) bond motifs is 1. The number of carbonyl (C=O) groups excluding carboxylic acids is 1. The normalized spacial score (nSPS) is 14.2. The van der Waals surface area contributed by atoms with Crippen LogP contribution in [0.15, 0.2) is 64.2 Å². The Bertz CT molecular complexity index is 1160. The van der Waals surface area contributed by atoms with E-state index in [1.165, 1.54) is 15.6 Å². The number of amides is 1. The van der Waals surface area contributed by atoms with Crippen LogP contribution in [-0.2, 0) is 27.8 Å². The van der Waals surface area contributed by atoms with Gasteiger partial charge in [-0.2, -0.15) is 4.31 Å². The summed E-state index contributed by atoms with van der Waals surface area (Å²) in [4.78, 5) is 12.3. The highest BCUT2D eigenvalue weighted by Crippen LogP contribution is 2.29. The lowest BCUT2D eigenvalue weighted by molar-refractivity contribution is -0.118. The van der Waals surface area contributed by atoms with Gasteiger partial charge in [0.25, 0.3) is 15.9 Å². The number of nitrogens with one attached hydrogen (secondary N) is 1. The predicted octanol–water partition coefficient (Wildman–Crippen LogP) is 4.17. The van der Waals surface area contributed by atoms with E-state index >= 15 is 0 Å². The number of ether oxygens (including phenoxy) is 1. The minimum atomic E-state index is -3.51. The van der Waals surface area contributed by atoms with Gasteiger partial charge in [-0.3, -0.25) is 4.79 Å². The van der Waals surface area contributed by atoms with Crippen molar-refractivity contribution < 1.29 is 17.9 Å². The smallest absolute Gasteiger partial charge is 0.262 e. The van der Waals surface area contributed by atoms with E-state index in [4.69, 9.17) is 16.3 Å². The summed E-state index contributed by atoms with van der Waals surface area (Å²) in [5.41, 5.74) is 2.56. The Morgan fingerprint density at radius 1 is 1.13 bits per heavy atom. The predicted molar refractivity (Wildman–Crippen MR) is 118 cm³/mol. The first-order valence-electron chi connectivity index (χ1n) is 9.26. The molecule has 0 radical (unpaired) electrons. The van der Waals surface area contributed by atoms with Gasteiger partial charge in [-0.05, 0) is 53.3 Å². The Kier molecular flexibility index (Phi) is 6.10. The number of benzene rings is 2. The quantitative estimate of drug-likeness (QED) is 0.596. The van der Waals surface area contributed by atoms with Gasteiger partial charge in [0.1, 0.15) is 9.96 Å². The summed E-state index contributed by atoms with van der Waals surface area (Å²) in [6, 6.07) is 15.8. The molecule has 0 unspecified atom stereocenters. The zero-order chi connectivity index (χ0) is 21.1. The maximum atomic E-state index is 12.8. The summed E-state index contributed by atoms with van der Waals surface area (Å²) in [7, 11) is -3.51. The first-order chi connectivity index (χ1) is 14.4. The monoisotopic (exact) mass is 462 g/mol. The van der Waals surface area contributed by atoms with Gasteiger partial charge in [-0.1, -0.05) is 35.9 Å². The van der Waals surface area contributed by atoms with E-state index in [1.807, 2.05) is 18.2 Å². The Hall–Kier alpha value is -2.39. The van der Waals surface area contributed by atoms with Gasteiger partial charge in [-0.15, -0.1) is 11.3 Å². The molecule has 30 heavy (non-hydrogen) atoms. The second-order valence-corrected chi connectivity index (χ2v) is 10.3. The summed E-state index contributed by atoms with van der Waals surface area (Å²) >= 11 is 7.24. The topological polar surface area (TPSA) is 75.7 Å². The summed E-state index contributed by atoms with van der Waals surface area (Å²) in [6.45, 7) is 0.527. The van der Waals surface area contributed by atoms with Crippen molar-refractivity contribution in [3.05, 3.63) is 76.1 Å². The molecule has 0 atom stereocenters. The number of hydrogen-bond donors (Lipinski definition) is 1. The van der Waals surface area contributed by atoms with E-state index in [0.29, 0.717) is 33.6 Å². The molecule has 0 fully saturated rings. The van der Waals surface area contributed by atoms with E-state index in [-0.39, 0.29) is 19.1 Å². The molecule has 1 aromatic heterocycles. The average molecular weight is 463 g/mol.